The van der Waals surface area contributed by atoms with Gasteiger partial charge in [-0.05, 0) is 36.4 Å². The van der Waals surface area contributed by atoms with Gasteiger partial charge >= 0.3 is 12.0 Å². The number of carbonyl (C=O) groups is 3. The predicted molar refractivity (Wildman–Crippen MR) is 105 cm³/mol. The summed E-state index contributed by atoms with van der Waals surface area (Å²) < 4.78 is 15.2. The Bertz CT molecular complexity index is 1020. The van der Waals surface area contributed by atoms with Crippen LogP contribution in [0.15, 0.2) is 59.0 Å². The first kappa shape index (κ1) is 20.5. The highest BCUT2D eigenvalue weighted by molar-refractivity contribution is 5.96. The van der Waals surface area contributed by atoms with Crippen LogP contribution in [0.3, 0.4) is 0 Å². The first-order valence-electron chi connectivity index (χ1n) is 8.82. The smallest absolute Gasteiger partial charge is 0.325 e. The minimum atomic E-state index is -0.775. The molecular weight excluding hydrogens is 392 g/mol. The number of aromatic nitrogens is 2. The minimum Gasteiger partial charge on any atom is -0.497 e. The third kappa shape index (κ3) is 5.64. The number of carbonyl (C=O) groups excluding carboxylic acids is 3. The molecule has 0 aliphatic rings. The summed E-state index contributed by atoms with van der Waals surface area (Å²) in [5, 5.41) is 12.3. The molecule has 1 heterocycles. The monoisotopic (exact) mass is 410 g/mol. The van der Waals surface area contributed by atoms with Crippen molar-refractivity contribution in [3.63, 3.8) is 0 Å². The van der Waals surface area contributed by atoms with Gasteiger partial charge in [-0.25, -0.2) is 0 Å². The second-order valence-electron chi connectivity index (χ2n) is 5.90. The van der Waals surface area contributed by atoms with E-state index in [1.165, 1.54) is 7.11 Å². The van der Waals surface area contributed by atoms with E-state index < -0.39 is 30.9 Å². The molecule has 0 aliphatic heterocycles. The summed E-state index contributed by atoms with van der Waals surface area (Å²) in [5.74, 6) is -1.05. The van der Waals surface area contributed by atoms with Crippen molar-refractivity contribution >= 4 is 23.8 Å². The Balaban J connectivity index is 1.40. The van der Waals surface area contributed by atoms with Gasteiger partial charge in [0.1, 0.15) is 12.3 Å². The normalized spacial score (nSPS) is 10.2. The lowest BCUT2D eigenvalue weighted by molar-refractivity contribution is -0.146. The highest BCUT2D eigenvalue weighted by Gasteiger charge is 2.14. The number of amides is 2. The van der Waals surface area contributed by atoms with Crippen molar-refractivity contribution in [1.82, 2.24) is 15.5 Å². The topological polar surface area (TPSA) is 133 Å². The van der Waals surface area contributed by atoms with Crippen LogP contribution in [0, 0.1) is 0 Å². The molecule has 3 aromatic rings. The molecule has 0 bridgehead atoms. The first-order valence-corrected chi connectivity index (χ1v) is 8.82. The molecule has 2 amide bonds. The molecular formula is C20H18N4O6. The van der Waals surface area contributed by atoms with Gasteiger partial charge in [-0.2, -0.15) is 0 Å². The molecule has 2 N–H and O–H groups in total. The molecule has 154 valence electrons. The number of hydrogen-bond donors (Lipinski definition) is 2. The third-order valence-electron chi connectivity index (χ3n) is 3.80. The molecule has 3 rings (SSSR count). The summed E-state index contributed by atoms with van der Waals surface area (Å²) in [6, 6.07) is 15.3. The maximum Gasteiger partial charge on any atom is 0.325 e. The molecule has 2 aromatic carbocycles. The maximum atomic E-state index is 12.0. The number of benzene rings is 2. The van der Waals surface area contributed by atoms with E-state index in [-0.39, 0.29) is 11.9 Å². The zero-order valence-corrected chi connectivity index (χ0v) is 16.0. The Kier molecular flexibility index (Phi) is 6.72. The van der Waals surface area contributed by atoms with Crippen molar-refractivity contribution in [2.75, 3.05) is 25.6 Å². The molecule has 0 radical (unpaired) electrons. The minimum absolute atomic E-state index is 0.122. The quantitative estimate of drug-likeness (QED) is 0.536. The van der Waals surface area contributed by atoms with Gasteiger partial charge in [-0.15, -0.1) is 5.10 Å². The first-order chi connectivity index (χ1) is 14.5. The molecule has 0 spiro atoms. The fourth-order valence-electron chi connectivity index (χ4n) is 2.32. The Morgan fingerprint density at radius 1 is 1.00 bits per heavy atom. The molecule has 1 aromatic heterocycles. The fourth-order valence-corrected chi connectivity index (χ4v) is 2.32. The molecule has 0 fully saturated rings. The number of ether oxygens (including phenoxy) is 2. The van der Waals surface area contributed by atoms with E-state index in [4.69, 9.17) is 13.9 Å². The van der Waals surface area contributed by atoms with E-state index in [0.29, 0.717) is 16.9 Å². The standard InChI is InChI=1S/C20H18N4O6/c1-28-15-9-7-13(8-10-15)18(27)21-11-17(26)29-12-16(25)22-20-24-23-19(30-20)14-5-3-2-4-6-14/h2-10H,11-12H2,1H3,(H,21,27)(H,22,24,25). The predicted octanol–water partition coefficient (Wildman–Crippen LogP) is 1.66. The van der Waals surface area contributed by atoms with E-state index in [0.717, 1.165) is 0 Å². The molecule has 0 saturated carbocycles. The zero-order valence-electron chi connectivity index (χ0n) is 16.0. The van der Waals surface area contributed by atoms with Crippen LogP contribution in [0.2, 0.25) is 0 Å². The van der Waals surface area contributed by atoms with E-state index >= 15 is 0 Å². The molecule has 0 unspecified atom stereocenters. The van der Waals surface area contributed by atoms with E-state index in [2.05, 4.69) is 20.8 Å². The number of anilines is 1. The molecule has 0 saturated heterocycles. The van der Waals surface area contributed by atoms with Crippen molar-refractivity contribution in [3.8, 4) is 17.2 Å². The molecule has 10 nitrogen and oxygen atoms in total. The zero-order chi connectivity index (χ0) is 21.3. The summed E-state index contributed by atoms with van der Waals surface area (Å²) in [5.41, 5.74) is 1.05. The highest BCUT2D eigenvalue weighted by atomic mass is 16.5. The van der Waals surface area contributed by atoms with Gasteiger partial charge in [-0.1, -0.05) is 23.3 Å². The van der Waals surface area contributed by atoms with Crippen molar-refractivity contribution in [2.45, 2.75) is 0 Å². The Hall–Kier alpha value is -4.21. The number of nitrogens with zero attached hydrogens (tertiary/aromatic N) is 2. The number of methoxy groups -OCH3 is 1. The van der Waals surface area contributed by atoms with Gasteiger partial charge in [0.25, 0.3) is 11.8 Å². The third-order valence-corrected chi connectivity index (χ3v) is 3.80. The van der Waals surface area contributed by atoms with Gasteiger partial charge in [0, 0.05) is 11.1 Å². The molecule has 0 atom stereocenters. The molecule has 0 aliphatic carbocycles. The summed E-state index contributed by atoms with van der Waals surface area (Å²) >= 11 is 0. The van der Waals surface area contributed by atoms with Crippen LogP contribution in [-0.4, -0.2) is 48.2 Å². The summed E-state index contributed by atoms with van der Waals surface area (Å²) in [6.07, 6.45) is 0. The highest BCUT2D eigenvalue weighted by Crippen LogP contribution is 2.18. The fraction of sp³-hybridized carbons (Fsp3) is 0.150. The molecule has 10 heteroatoms. The lowest BCUT2D eigenvalue weighted by Crippen LogP contribution is -2.32. The lowest BCUT2D eigenvalue weighted by atomic mass is 10.2. The number of nitrogens with one attached hydrogen (secondary N) is 2. The van der Waals surface area contributed by atoms with Crippen LogP contribution < -0.4 is 15.4 Å². The number of hydrogen-bond acceptors (Lipinski definition) is 8. The van der Waals surface area contributed by atoms with E-state index in [1.807, 2.05) is 18.2 Å². The van der Waals surface area contributed by atoms with Gasteiger partial charge in [0.05, 0.1) is 7.11 Å². The number of esters is 1. The SMILES string of the molecule is COc1ccc(C(=O)NCC(=O)OCC(=O)Nc2nnc(-c3ccccc3)o2)cc1. The van der Waals surface area contributed by atoms with Crippen LogP contribution in [-0.2, 0) is 14.3 Å². The van der Waals surface area contributed by atoms with Gasteiger partial charge in [0.15, 0.2) is 6.61 Å². The molecule has 30 heavy (non-hydrogen) atoms. The summed E-state index contributed by atoms with van der Waals surface area (Å²) in [6.45, 7) is -0.961. The van der Waals surface area contributed by atoms with Crippen molar-refractivity contribution in [3.05, 3.63) is 60.2 Å². The summed E-state index contributed by atoms with van der Waals surface area (Å²) in [7, 11) is 1.52. The second-order valence-corrected chi connectivity index (χ2v) is 5.90. The summed E-state index contributed by atoms with van der Waals surface area (Å²) in [4.78, 5) is 35.6. The van der Waals surface area contributed by atoms with Gasteiger partial charge in [0.2, 0.25) is 5.89 Å². The average molecular weight is 410 g/mol. The Labute approximate surface area is 171 Å². The Morgan fingerprint density at radius 2 is 1.73 bits per heavy atom. The van der Waals surface area contributed by atoms with Gasteiger partial charge in [-0.3, -0.25) is 19.7 Å². The van der Waals surface area contributed by atoms with Crippen LogP contribution in [0.1, 0.15) is 10.4 Å². The van der Waals surface area contributed by atoms with Crippen LogP contribution in [0.5, 0.6) is 5.75 Å². The van der Waals surface area contributed by atoms with Crippen molar-refractivity contribution < 1.29 is 28.3 Å². The average Bonchev–Trinajstić information content (AvgIpc) is 3.25. The van der Waals surface area contributed by atoms with Crippen LogP contribution in [0.4, 0.5) is 6.01 Å². The number of rotatable bonds is 8. The van der Waals surface area contributed by atoms with Crippen molar-refractivity contribution in [2.24, 2.45) is 0 Å². The van der Waals surface area contributed by atoms with Crippen molar-refractivity contribution in [1.29, 1.82) is 0 Å². The maximum absolute atomic E-state index is 12.0. The van der Waals surface area contributed by atoms with Crippen LogP contribution in [0.25, 0.3) is 11.5 Å². The van der Waals surface area contributed by atoms with E-state index in [1.54, 1.807) is 36.4 Å². The van der Waals surface area contributed by atoms with E-state index in [9.17, 15) is 14.4 Å². The second kappa shape index (κ2) is 9.82. The largest absolute Gasteiger partial charge is 0.497 e. The Morgan fingerprint density at radius 3 is 2.43 bits per heavy atom. The van der Waals surface area contributed by atoms with Crippen LogP contribution >= 0.6 is 0 Å². The lowest BCUT2D eigenvalue weighted by Gasteiger charge is -2.07. The van der Waals surface area contributed by atoms with Gasteiger partial charge < -0.3 is 19.2 Å².